The van der Waals surface area contributed by atoms with Gasteiger partial charge in [-0.2, -0.15) is 0 Å². The number of rotatable bonds is 3. The Morgan fingerprint density at radius 1 is 1.19 bits per heavy atom. The molecule has 0 radical (unpaired) electrons. The fourth-order valence-electron chi connectivity index (χ4n) is 1.96. The summed E-state index contributed by atoms with van der Waals surface area (Å²) in [5, 5.41) is 6.11. The minimum Gasteiger partial charge on any atom is -0.353 e. The lowest BCUT2D eigenvalue weighted by Crippen LogP contribution is -2.53. The van der Waals surface area contributed by atoms with Crippen molar-refractivity contribution in [3.8, 4) is 0 Å². The molecule has 1 amide bonds. The Hall–Kier alpha value is -1.35. The monoisotopic (exact) mass is 218 g/mol. The van der Waals surface area contributed by atoms with Gasteiger partial charge in [-0.15, -0.1) is 0 Å². The third-order valence-electron chi connectivity index (χ3n) is 3.00. The van der Waals surface area contributed by atoms with Gasteiger partial charge in [-0.1, -0.05) is 31.2 Å². The van der Waals surface area contributed by atoms with Crippen LogP contribution in [0.25, 0.3) is 0 Å². The van der Waals surface area contributed by atoms with Crippen LogP contribution in [0, 0.1) is 0 Å². The summed E-state index contributed by atoms with van der Waals surface area (Å²) in [7, 11) is 0. The molecule has 1 aliphatic rings. The van der Waals surface area contributed by atoms with E-state index in [0.717, 1.165) is 25.9 Å². The van der Waals surface area contributed by atoms with Gasteiger partial charge in [0.15, 0.2) is 0 Å². The molecule has 0 aromatic heterocycles. The highest BCUT2D eigenvalue weighted by molar-refractivity contribution is 5.82. The second kappa shape index (κ2) is 5.12. The van der Waals surface area contributed by atoms with Crippen LogP contribution in [-0.4, -0.2) is 25.0 Å². The lowest BCUT2D eigenvalue weighted by molar-refractivity contribution is -0.124. The minimum atomic E-state index is -0.0683. The number of benzene rings is 1. The molecular formula is C13H18N2O. The highest BCUT2D eigenvalue weighted by Gasteiger charge is 2.21. The molecule has 0 bridgehead atoms. The van der Waals surface area contributed by atoms with Crippen LogP contribution in [0.2, 0.25) is 0 Å². The third kappa shape index (κ3) is 2.61. The van der Waals surface area contributed by atoms with Crippen molar-refractivity contribution in [3.05, 3.63) is 35.4 Å². The number of nitrogens with one attached hydrogen (secondary N) is 2. The number of piperazine rings is 1. The van der Waals surface area contributed by atoms with Crippen molar-refractivity contribution in [2.24, 2.45) is 0 Å². The fourth-order valence-corrected chi connectivity index (χ4v) is 1.96. The van der Waals surface area contributed by atoms with E-state index in [1.54, 1.807) is 0 Å². The Balaban J connectivity index is 1.99. The Labute approximate surface area is 96.2 Å². The van der Waals surface area contributed by atoms with Crippen molar-refractivity contribution in [2.75, 3.05) is 13.1 Å². The van der Waals surface area contributed by atoms with Gasteiger partial charge in [0, 0.05) is 13.1 Å². The molecule has 2 N–H and O–H groups in total. The van der Waals surface area contributed by atoms with Gasteiger partial charge >= 0.3 is 0 Å². The predicted molar refractivity (Wildman–Crippen MR) is 64.3 cm³/mol. The van der Waals surface area contributed by atoms with Crippen LogP contribution in [0.4, 0.5) is 0 Å². The zero-order chi connectivity index (χ0) is 11.4. The maximum absolute atomic E-state index is 11.5. The van der Waals surface area contributed by atoms with E-state index in [4.69, 9.17) is 0 Å². The quantitative estimate of drug-likeness (QED) is 0.790. The lowest BCUT2D eigenvalue weighted by atomic mass is 10.0. The molecule has 0 saturated carbocycles. The topological polar surface area (TPSA) is 41.1 Å². The molecule has 1 atom stereocenters. The maximum Gasteiger partial charge on any atom is 0.237 e. The first-order valence-electron chi connectivity index (χ1n) is 5.88. The van der Waals surface area contributed by atoms with Crippen LogP contribution >= 0.6 is 0 Å². The molecule has 1 aliphatic heterocycles. The molecule has 1 fully saturated rings. The number of carbonyl (C=O) groups is 1. The molecular weight excluding hydrogens is 200 g/mol. The molecule has 3 nitrogen and oxygen atoms in total. The maximum atomic E-state index is 11.5. The van der Waals surface area contributed by atoms with E-state index in [1.807, 2.05) is 0 Å². The standard InChI is InChI=1S/C13H18N2O/c1-2-10-3-5-11(6-4-10)9-12-13(16)15-8-7-14-12/h3-6,12,14H,2,7-9H2,1H3,(H,15,16)/t12-/m0/s1. The summed E-state index contributed by atoms with van der Waals surface area (Å²) in [5.74, 6) is 0.116. The third-order valence-corrected chi connectivity index (χ3v) is 3.00. The molecule has 0 spiro atoms. The molecule has 0 unspecified atom stereocenters. The SMILES string of the molecule is CCc1ccc(C[C@@H]2NCCNC2=O)cc1. The van der Waals surface area contributed by atoms with Gasteiger partial charge in [-0.25, -0.2) is 0 Å². The average Bonchev–Trinajstić information content (AvgIpc) is 2.33. The second-order valence-corrected chi connectivity index (χ2v) is 4.17. The summed E-state index contributed by atoms with van der Waals surface area (Å²) < 4.78 is 0. The first-order chi connectivity index (χ1) is 7.79. The summed E-state index contributed by atoms with van der Waals surface area (Å²) in [5.41, 5.74) is 2.55. The minimum absolute atomic E-state index is 0.0683. The van der Waals surface area contributed by atoms with Crippen molar-refractivity contribution in [2.45, 2.75) is 25.8 Å². The molecule has 86 valence electrons. The summed E-state index contributed by atoms with van der Waals surface area (Å²) in [6, 6.07) is 8.43. The number of carbonyl (C=O) groups excluding carboxylic acids is 1. The number of hydrogen-bond acceptors (Lipinski definition) is 2. The van der Waals surface area contributed by atoms with E-state index in [0.29, 0.717) is 0 Å². The van der Waals surface area contributed by atoms with Gasteiger partial charge in [0.25, 0.3) is 0 Å². The van der Waals surface area contributed by atoms with Gasteiger partial charge in [0.05, 0.1) is 6.04 Å². The number of hydrogen-bond donors (Lipinski definition) is 2. The van der Waals surface area contributed by atoms with Crippen molar-refractivity contribution in [1.82, 2.24) is 10.6 Å². The highest BCUT2D eigenvalue weighted by atomic mass is 16.2. The molecule has 0 aliphatic carbocycles. The van der Waals surface area contributed by atoms with Gasteiger partial charge in [0.2, 0.25) is 5.91 Å². The van der Waals surface area contributed by atoms with E-state index in [9.17, 15) is 4.79 Å². The lowest BCUT2D eigenvalue weighted by Gasteiger charge is -2.23. The fraction of sp³-hybridized carbons (Fsp3) is 0.462. The smallest absolute Gasteiger partial charge is 0.237 e. The summed E-state index contributed by atoms with van der Waals surface area (Å²) >= 11 is 0. The first kappa shape index (κ1) is 11.1. The zero-order valence-electron chi connectivity index (χ0n) is 9.62. The van der Waals surface area contributed by atoms with Crippen LogP contribution in [0.1, 0.15) is 18.1 Å². The molecule has 1 heterocycles. The van der Waals surface area contributed by atoms with Crippen molar-refractivity contribution in [1.29, 1.82) is 0 Å². The largest absolute Gasteiger partial charge is 0.353 e. The number of amides is 1. The predicted octanol–water partition coefficient (Wildman–Crippen LogP) is 0.879. The van der Waals surface area contributed by atoms with Crippen molar-refractivity contribution < 1.29 is 4.79 Å². The highest BCUT2D eigenvalue weighted by Crippen LogP contribution is 2.08. The Bertz CT molecular complexity index is 359. The van der Waals surface area contributed by atoms with E-state index in [2.05, 4.69) is 41.8 Å². The zero-order valence-corrected chi connectivity index (χ0v) is 9.62. The van der Waals surface area contributed by atoms with Gasteiger partial charge in [-0.05, 0) is 24.0 Å². The van der Waals surface area contributed by atoms with Gasteiger partial charge < -0.3 is 10.6 Å². The summed E-state index contributed by atoms with van der Waals surface area (Å²) in [4.78, 5) is 11.5. The molecule has 2 rings (SSSR count). The van der Waals surface area contributed by atoms with Crippen LogP contribution in [0.3, 0.4) is 0 Å². The second-order valence-electron chi connectivity index (χ2n) is 4.17. The average molecular weight is 218 g/mol. The van der Waals surface area contributed by atoms with Crippen LogP contribution in [0.15, 0.2) is 24.3 Å². The summed E-state index contributed by atoms with van der Waals surface area (Å²) in [6.07, 6.45) is 1.83. The van der Waals surface area contributed by atoms with Crippen LogP contribution in [-0.2, 0) is 17.6 Å². The summed E-state index contributed by atoms with van der Waals surface area (Å²) in [6.45, 7) is 3.75. The van der Waals surface area contributed by atoms with E-state index < -0.39 is 0 Å². The Kier molecular flexibility index (Phi) is 3.57. The Morgan fingerprint density at radius 2 is 1.88 bits per heavy atom. The van der Waals surface area contributed by atoms with E-state index >= 15 is 0 Å². The van der Waals surface area contributed by atoms with Crippen molar-refractivity contribution >= 4 is 5.91 Å². The number of aryl methyl sites for hydroxylation is 1. The van der Waals surface area contributed by atoms with Gasteiger partial charge in [0.1, 0.15) is 0 Å². The van der Waals surface area contributed by atoms with Gasteiger partial charge in [-0.3, -0.25) is 4.79 Å². The molecule has 1 saturated heterocycles. The first-order valence-corrected chi connectivity index (χ1v) is 5.88. The molecule has 3 heteroatoms. The Morgan fingerprint density at radius 3 is 2.50 bits per heavy atom. The van der Waals surface area contributed by atoms with Crippen molar-refractivity contribution in [3.63, 3.8) is 0 Å². The van der Waals surface area contributed by atoms with Crippen LogP contribution in [0.5, 0.6) is 0 Å². The van der Waals surface area contributed by atoms with E-state index in [-0.39, 0.29) is 11.9 Å². The molecule has 16 heavy (non-hydrogen) atoms. The normalized spacial score (nSPS) is 20.6. The van der Waals surface area contributed by atoms with Crippen LogP contribution < -0.4 is 10.6 Å². The molecule has 1 aromatic rings. The molecule has 1 aromatic carbocycles. The van der Waals surface area contributed by atoms with E-state index in [1.165, 1.54) is 11.1 Å².